The van der Waals surface area contributed by atoms with E-state index in [0.29, 0.717) is 6.54 Å². The first kappa shape index (κ1) is 12.8. The van der Waals surface area contributed by atoms with E-state index in [1.54, 1.807) is 0 Å². The monoisotopic (exact) mass is 239 g/mol. The van der Waals surface area contributed by atoms with E-state index in [1.807, 2.05) is 4.90 Å². The van der Waals surface area contributed by atoms with Gasteiger partial charge in [0.15, 0.2) is 0 Å². The Kier molecular flexibility index (Phi) is 5.26. The van der Waals surface area contributed by atoms with E-state index in [9.17, 15) is 4.79 Å². The Morgan fingerprint density at radius 3 is 2.29 bits per heavy atom. The van der Waals surface area contributed by atoms with Gasteiger partial charge in [0.05, 0.1) is 6.54 Å². The third-order valence-corrected chi connectivity index (χ3v) is 3.79. The Morgan fingerprint density at radius 2 is 1.59 bits per heavy atom. The number of amides is 1. The number of rotatable bonds is 5. The molecule has 2 fully saturated rings. The molecule has 1 amide bonds. The number of hydrogen-bond donors (Lipinski definition) is 1. The van der Waals surface area contributed by atoms with E-state index >= 15 is 0 Å². The summed E-state index contributed by atoms with van der Waals surface area (Å²) in [7, 11) is 0. The van der Waals surface area contributed by atoms with Gasteiger partial charge < -0.3 is 15.1 Å². The maximum Gasteiger partial charge on any atom is 0.236 e. The molecule has 0 aromatic heterocycles. The van der Waals surface area contributed by atoms with Gasteiger partial charge in [-0.2, -0.15) is 0 Å². The van der Waals surface area contributed by atoms with Crippen molar-refractivity contribution in [1.29, 1.82) is 0 Å². The lowest BCUT2D eigenvalue weighted by molar-refractivity contribution is -0.131. The van der Waals surface area contributed by atoms with Crippen LogP contribution in [0.4, 0.5) is 0 Å². The Morgan fingerprint density at radius 1 is 0.941 bits per heavy atom. The maximum absolute atomic E-state index is 11.8. The molecule has 0 spiro atoms. The minimum absolute atomic E-state index is 0.283. The quantitative estimate of drug-likeness (QED) is 0.717. The van der Waals surface area contributed by atoms with E-state index in [4.69, 9.17) is 0 Å². The topological polar surface area (TPSA) is 35.6 Å². The van der Waals surface area contributed by atoms with Gasteiger partial charge in [-0.3, -0.25) is 4.79 Å². The smallest absolute Gasteiger partial charge is 0.236 e. The zero-order chi connectivity index (χ0) is 11.9. The zero-order valence-corrected chi connectivity index (χ0v) is 10.8. The van der Waals surface area contributed by atoms with Crippen LogP contribution >= 0.6 is 0 Å². The van der Waals surface area contributed by atoms with Gasteiger partial charge in [0, 0.05) is 26.2 Å². The van der Waals surface area contributed by atoms with Crippen LogP contribution in [0.5, 0.6) is 0 Å². The van der Waals surface area contributed by atoms with Crippen LogP contribution in [-0.2, 0) is 4.79 Å². The summed E-state index contributed by atoms with van der Waals surface area (Å²) in [4.78, 5) is 16.3. The van der Waals surface area contributed by atoms with Crippen molar-refractivity contribution >= 4 is 5.91 Å². The summed E-state index contributed by atoms with van der Waals surface area (Å²) in [6.45, 7) is 6.96. The number of carbonyl (C=O) groups excluding carboxylic acids is 1. The Hall–Kier alpha value is -0.610. The van der Waals surface area contributed by atoms with E-state index < -0.39 is 0 Å². The molecule has 17 heavy (non-hydrogen) atoms. The predicted molar refractivity (Wildman–Crippen MR) is 69.0 cm³/mol. The van der Waals surface area contributed by atoms with Crippen molar-refractivity contribution < 1.29 is 4.79 Å². The molecule has 0 bridgehead atoms. The highest BCUT2D eigenvalue weighted by atomic mass is 16.2. The highest BCUT2D eigenvalue weighted by molar-refractivity contribution is 5.78. The van der Waals surface area contributed by atoms with Crippen LogP contribution in [0.3, 0.4) is 0 Å². The second kappa shape index (κ2) is 6.97. The second-order valence-electron chi connectivity index (χ2n) is 5.17. The highest BCUT2D eigenvalue weighted by Gasteiger charge is 2.16. The van der Waals surface area contributed by atoms with Crippen LogP contribution < -0.4 is 5.32 Å². The number of hydrogen-bond acceptors (Lipinski definition) is 3. The average molecular weight is 239 g/mol. The Bertz CT molecular complexity index is 233. The summed E-state index contributed by atoms with van der Waals surface area (Å²) in [6, 6.07) is 0. The van der Waals surface area contributed by atoms with Crippen molar-refractivity contribution in [1.82, 2.24) is 15.1 Å². The van der Waals surface area contributed by atoms with Crippen LogP contribution in [0.1, 0.15) is 32.1 Å². The molecule has 2 heterocycles. The summed E-state index contributed by atoms with van der Waals surface area (Å²) in [5.74, 6) is 0.283. The molecule has 4 nitrogen and oxygen atoms in total. The lowest BCUT2D eigenvalue weighted by Gasteiger charge is -2.27. The van der Waals surface area contributed by atoms with Gasteiger partial charge >= 0.3 is 0 Å². The third-order valence-electron chi connectivity index (χ3n) is 3.79. The molecule has 2 saturated heterocycles. The van der Waals surface area contributed by atoms with E-state index in [1.165, 1.54) is 45.2 Å². The van der Waals surface area contributed by atoms with Gasteiger partial charge in [-0.05, 0) is 45.2 Å². The SMILES string of the molecule is O=C(CNCCN1CCCC1)N1CCCCC1. The lowest BCUT2D eigenvalue weighted by atomic mass is 10.1. The molecular formula is C13H25N3O. The molecular weight excluding hydrogens is 214 g/mol. The lowest BCUT2D eigenvalue weighted by Crippen LogP contribution is -2.42. The summed E-state index contributed by atoms with van der Waals surface area (Å²) in [5, 5.41) is 3.28. The molecule has 2 aliphatic rings. The fraction of sp³-hybridized carbons (Fsp3) is 0.923. The summed E-state index contributed by atoms with van der Waals surface area (Å²) in [6.07, 6.45) is 6.32. The van der Waals surface area contributed by atoms with Crippen molar-refractivity contribution in [2.75, 3.05) is 45.8 Å². The molecule has 0 unspecified atom stereocenters. The normalized spacial score (nSPS) is 22.0. The Balaban J connectivity index is 1.53. The van der Waals surface area contributed by atoms with Gasteiger partial charge in [-0.15, -0.1) is 0 Å². The second-order valence-corrected chi connectivity index (χ2v) is 5.17. The van der Waals surface area contributed by atoms with Gasteiger partial charge in [0.2, 0.25) is 5.91 Å². The van der Waals surface area contributed by atoms with Crippen LogP contribution in [0.2, 0.25) is 0 Å². The minimum Gasteiger partial charge on any atom is -0.342 e. The first-order chi connectivity index (χ1) is 8.36. The first-order valence-electron chi connectivity index (χ1n) is 7.07. The summed E-state index contributed by atoms with van der Waals surface area (Å²) < 4.78 is 0. The number of nitrogens with zero attached hydrogens (tertiary/aromatic N) is 2. The number of piperidine rings is 1. The molecule has 2 aliphatic heterocycles. The van der Waals surface area contributed by atoms with Gasteiger partial charge in [-0.25, -0.2) is 0 Å². The molecule has 98 valence electrons. The maximum atomic E-state index is 11.8. The molecule has 2 rings (SSSR count). The minimum atomic E-state index is 0.283. The first-order valence-corrected chi connectivity index (χ1v) is 7.07. The molecule has 0 aromatic rings. The molecule has 1 N–H and O–H groups in total. The number of nitrogens with one attached hydrogen (secondary N) is 1. The summed E-state index contributed by atoms with van der Waals surface area (Å²) >= 11 is 0. The van der Waals surface area contributed by atoms with Crippen molar-refractivity contribution in [2.24, 2.45) is 0 Å². The van der Waals surface area contributed by atoms with Crippen molar-refractivity contribution in [3.63, 3.8) is 0 Å². The van der Waals surface area contributed by atoms with E-state index in [0.717, 1.165) is 26.2 Å². The number of carbonyl (C=O) groups is 1. The third kappa shape index (κ3) is 4.28. The highest BCUT2D eigenvalue weighted by Crippen LogP contribution is 2.08. The average Bonchev–Trinajstić information content (AvgIpc) is 2.88. The largest absolute Gasteiger partial charge is 0.342 e. The van der Waals surface area contributed by atoms with E-state index in [2.05, 4.69) is 10.2 Å². The van der Waals surface area contributed by atoms with Gasteiger partial charge in [-0.1, -0.05) is 0 Å². The van der Waals surface area contributed by atoms with Crippen molar-refractivity contribution in [3.8, 4) is 0 Å². The zero-order valence-electron chi connectivity index (χ0n) is 10.8. The Labute approximate surface area is 104 Å². The van der Waals surface area contributed by atoms with E-state index in [-0.39, 0.29) is 5.91 Å². The fourth-order valence-corrected chi connectivity index (χ4v) is 2.69. The van der Waals surface area contributed by atoms with Gasteiger partial charge in [0.1, 0.15) is 0 Å². The van der Waals surface area contributed by atoms with Crippen molar-refractivity contribution in [2.45, 2.75) is 32.1 Å². The molecule has 0 atom stereocenters. The van der Waals surface area contributed by atoms with Crippen LogP contribution in [0.15, 0.2) is 0 Å². The van der Waals surface area contributed by atoms with Crippen LogP contribution in [0.25, 0.3) is 0 Å². The van der Waals surface area contributed by atoms with Crippen LogP contribution in [-0.4, -0.2) is 61.5 Å². The fourth-order valence-electron chi connectivity index (χ4n) is 2.69. The van der Waals surface area contributed by atoms with Gasteiger partial charge in [0.25, 0.3) is 0 Å². The molecule has 0 saturated carbocycles. The molecule has 0 aromatic carbocycles. The summed E-state index contributed by atoms with van der Waals surface area (Å²) in [5.41, 5.74) is 0. The number of likely N-dealkylation sites (tertiary alicyclic amines) is 2. The molecule has 0 aliphatic carbocycles. The standard InChI is InChI=1S/C13H25N3O/c17-13(16-9-2-1-3-10-16)12-14-6-11-15-7-4-5-8-15/h14H,1-12H2. The van der Waals surface area contributed by atoms with Crippen molar-refractivity contribution in [3.05, 3.63) is 0 Å². The molecule has 0 radical (unpaired) electrons. The predicted octanol–water partition coefficient (Wildman–Crippen LogP) is 0.684. The molecule has 4 heteroatoms. The van der Waals surface area contributed by atoms with Crippen LogP contribution in [0, 0.1) is 0 Å².